The maximum atomic E-state index is 12.5. The first-order valence-corrected chi connectivity index (χ1v) is 10.7. The fourth-order valence-corrected chi connectivity index (χ4v) is 3.82. The summed E-state index contributed by atoms with van der Waals surface area (Å²) in [7, 11) is 1.50. The Labute approximate surface area is 192 Å². The molecule has 9 heteroatoms. The number of carbonyl (C=O) groups is 3. The number of alkyl carbamates (subject to hydrolysis) is 1. The molecule has 0 heterocycles. The molecule has 3 N–H and O–H groups in total. The van der Waals surface area contributed by atoms with Crippen molar-refractivity contribution < 1.29 is 33.7 Å². The van der Waals surface area contributed by atoms with Crippen LogP contribution in [0.25, 0.3) is 11.1 Å². The van der Waals surface area contributed by atoms with Gasteiger partial charge in [0.05, 0.1) is 6.61 Å². The number of hydrogen-bond donors (Lipinski definition) is 3. The second-order valence-corrected chi connectivity index (χ2v) is 7.54. The van der Waals surface area contributed by atoms with E-state index in [0.717, 1.165) is 22.3 Å². The Morgan fingerprint density at radius 3 is 2.24 bits per heavy atom. The number of hydrogen-bond acceptors (Lipinski definition) is 6. The molecule has 2 aromatic carbocycles. The van der Waals surface area contributed by atoms with Gasteiger partial charge in [0.2, 0.25) is 5.91 Å². The molecular weight excluding hydrogens is 428 g/mol. The van der Waals surface area contributed by atoms with Crippen LogP contribution in [0.2, 0.25) is 0 Å². The first-order valence-electron chi connectivity index (χ1n) is 10.7. The van der Waals surface area contributed by atoms with E-state index in [4.69, 9.17) is 19.3 Å². The Kier molecular flexibility index (Phi) is 8.79. The number of amides is 2. The molecule has 2 aromatic rings. The Bertz CT molecular complexity index is 933. The van der Waals surface area contributed by atoms with Crippen LogP contribution >= 0.6 is 0 Å². The lowest BCUT2D eigenvalue weighted by Crippen LogP contribution is -2.48. The highest BCUT2D eigenvalue weighted by Crippen LogP contribution is 2.44. The van der Waals surface area contributed by atoms with Crippen molar-refractivity contribution in [2.75, 3.05) is 40.1 Å². The first-order chi connectivity index (χ1) is 16.0. The zero-order chi connectivity index (χ0) is 23.6. The van der Waals surface area contributed by atoms with Crippen molar-refractivity contribution in [1.82, 2.24) is 10.6 Å². The number of aliphatic carboxylic acids is 1. The lowest BCUT2D eigenvalue weighted by atomic mass is 9.98. The second kappa shape index (κ2) is 12.0. The molecule has 176 valence electrons. The Balaban J connectivity index is 1.55. The number of carboxylic acid groups (broad SMARTS) is 1. The van der Waals surface area contributed by atoms with Gasteiger partial charge >= 0.3 is 12.1 Å². The smallest absolute Gasteiger partial charge is 0.407 e. The van der Waals surface area contributed by atoms with Gasteiger partial charge in [0, 0.05) is 32.6 Å². The number of nitrogens with one attached hydrogen (secondary N) is 2. The zero-order valence-electron chi connectivity index (χ0n) is 18.4. The van der Waals surface area contributed by atoms with Crippen molar-refractivity contribution >= 4 is 18.0 Å². The minimum Gasteiger partial charge on any atom is -0.480 e. The average Bonchev–Trinajstić information content (AvgIpc) is 3.13. The van der Waals surface area contributed by atoms with Crippen molar-refractivity contribution in [3.8, 4) is 11.1 Å². The molecule has 1 aliphatic carbocycles. The molecule has 1 unspecified atom stereocenters. The van der Waals surface area contributed by atoms with Crippen molar-refractivity contribution in [3.05, 3.63) is 59.7 Å². The fourth-order valence-electron chi connectivity index (χ4n) is 3.82. The zero-order valence-corrected chi connectivity index (χ0v) is 18.4. The molecule has 33 heavy (non-hydrogen) atoms. The number of carbonyl (C=O) groups excluding carboxylic acids is 2. The van der Waals surface area contributed by atoms with Gasteiger partial charge in [0.1, 0.15) is 19.3 Å². The third-order valence-electron chi connectivity index (χ3n) is 5.33. The van der Waals surface area contributed by atoms with Crippen LogP contribution in [0.3, 0.4) is 0 Å². The third-order valence-corrected chi connectivity index (χ3v) is 5.33. The molecule has 0 spiro atoms. The number of benzene rings is 2. The summed E-state index contributed by atoms with van der Waals surface area (Å²) in [6.07, 6.45) is -0.446. The van der Waals surface area contributed by atoms with E-state index in [1.54, 1.807) is 0 Å². The van der Waals surface area contributed by atoms with Crippen LogP contribution in [0.1, 0.15) is 23.5 Å². The predicted molar refractivity (Wildman–Crippen MR) is 120 cm³/mol. The summed E-state index contributed by atoms with van der Waals surface area (Å²) in [4.78, 5) is 35.4. The normalized spacial score (nSPS) is 13.0. The van der Waals surface area contributed by atoms with Gasteiger partial charge in [-0.15, -0.1) is 0 Å². The van der Waals surface area contributed by atoms with Crippen LogP contribution in [0.15, 0.2) is 48.5 Å². The molecule has 0 fully saturated rings. The topological polar surface area (TPSA) is 123 Å². The summed E-state index contributed by atoms with van der Waals surface area (Å²) in [5, 5.41) is 13.8. The van der Waals surface area contributed by atoms with Gasteiger partial charge < -0.3 is 30.0 Å². The average molecular weight is 456 g/mol. The molecule has 0 bridgehead atoms. The number of fused-ring (bicyclic) bond motifs is 3. The van der Waals surface area contributed by atoms with Crippen molar-refractivity contribution in [3.63, 3.8) is 0 Å². The SMILES string of the molecule is COCCC(NC(=O)OCC1c2ccccc2-c2ccccc21)C(=O)NCCOCC(=O)O. The van der Waals surface area contributed by atoms with Gasteiger partial charge in [-0.3, -0.25) is 4.79 Å². The number of ether oxygens (including phenoxy) is 3. The summed E-state index contributed by atoms with van der Waals surface area (Å²) in [5.41, 5.74) is 4.46. The molecule has 0 aliphatic heterocycles. The minimum absolute atomic E-state index is 0.0416. The monoisotopic (exact) mass is 456 g/mol. The molecular formula is C24H28N2O7. The first kappa shape index (κ1) is 24.2. The van der Waals surface area contributed by atoms with E-state index in [1.165, 1.54) is 7.11 Å². The van der Waals surface area contributed by atoms with Crippen molar-refractivity contribution in [2.24, 2.45) is 0 Å². The highest BCUT2D eigenvalue weighted by molar-refractivity contribution is 5.85. The highest BCUT2D eigenvalue weighted by Gasteiger charge is 2.29. The second-order valence-electron chi connectivity index (χ2n) is 7.54. The fraction of sp³-hybridized carbons (Fsp3) is 0.375. The van der Waals surface area contributed by atoms with Gasteiger partial charge in [-0.2, -0.15) is 0 Å². The van der Waals surface area contributed by atoms with Gasteiger partial charge in [0.25, 0.3) is 0 Å². The van der Waals surface area contributed by atoms with Crippen LogP contribution in [0, 0.1) is 0 Å². The van der Waals surface area contributed by atoms with Crippen LogP contribution in [-0.4, -0.2) is 69.2 Å². The predicted octanol–water partition coefficient (Wildman–Crippen LogP) is 2.15. The standard InChI is InChI=1S/C24H28N2O7/c1-31-12-10-21(23(29)25-11-13-32-15-22(27)28)26-24(30)33-14-20-18-8-4-2-6-16(18)17-7-3-5-9-19(17)20/h2-9,20-21H,10-15H2,1H3,(H,25,29)(H,26,30)(H,27,28). The molecule has 3 rings (SSSR count). The molecule has 9 nitrogen and oxygen atoms in total. The summed E-state index contributed by atoms with van der Waals surface area (Å²) in [5.74, 6) is -1.60. The number of methoxy groups -OCH3 is 1. The molecule has 1 aliphatic rings. The lowest BCUT2D eigenvalue weighted by molar-refractivity contribution is -0.142. The van der Waals surface area contributed by atoms with Crippen LogP contribution in [-0.2, 0) is 23.8 Å². The molecule has 0 saturated heterocycles. The van der Waals surface area contributed by atoms with E-state index in [2.05, 4.69) is 22.8 Å². The number of rotatable bonds is 12. The van der Waals surface area contributed by atoms with E-state index in [0.29, 0.717) is 0 Å². The van der Waals surface area contributed by atoms with Crippen LogP contribution in [0.5, 0.6) is 0 Å². The molecule has 1 atom stereocenters. The Morgan fingerprint density at radius 2 is 1.64 bits per heavy atom. The van der Waals surface area contributed by atoms with Crippen molar-refractivity contribution in [1.29, 1.82) is 0 Å². The van der Waals surface area contributed by atoms with E-state index < -0.39 is 30.6 Å². The minimum atomic E-state index is -1.09. The molecule has 0 aromatic heterocycles. The van der Waals surface area contributed by atoms with Crippen molar-refractivity contribution in [2.45, 2.75) is 18.4 Å². The van der Waals surface area contributed by atoms with Gasteiger partial charge in [-0.05, 0) is 22.3 Å². The number of carboxylic acids is 1. The molecule has 0 radical (unpaired) electrons. The summed E-state index contributed by atoms with van der Waals surface area (Å²) in [6.45, 7) is 0.113. The van der Waals surface area contributed by atoms with E-state index in [1.807, 2.05) is 36.4 Å². The molecule has 2 amide bonds. The molecule has 0 saturated carbocycles. The van der Waals surface area contributed by atoms with Crippen LogP contribution < -0.4 is 10.6 Å². The largest absolute Gasteiger partial charge is 0.480 e. The summed E-state index contributed by atoms with van der Waals surface area (Å²) in [6, 6.07) is 15.2. The van der Waals surface area contributed by atoms with Gasteiger partial charge in [-0.25, -0.2) is 9.59 Å². The quantitative estimate of drug-likeness (QED) is 0.418. The van der Waals surface area contributed by atoms with Gasteiger partial charge in [-0.1, -0.05) is 48.5 Å². The Hall–Kier alpha value is -3.43. The lowest BCUT2D eigenvalue weighted by Gasteiger charge is -2.19. The summed E-state index contributed by atoms with van der Waals surface area (Å²) < 4.78 is 15.4. The maximum Gasteiger partial charge on any atom is 0.407 e. The summed E-state index contributed by atoms with van der Waals surface area (Å²) >= 11 is 0. The third kappa shape index (κ3) is 6.53. The van der Waals surface area contributed by atoms with Gasteiger partial charge in [0.15, 0.2) is 0 Å². The van der Waals surface area contributed by atoms with E-state index in [9.17, 15) is 14.4 Å². The highest BCUT2D eigenvalue weighted by atomic mass is 16.5. The maximum absolute atomic E-state index is 12.5. The Morgan fingerprint density at radius 1 is 1.00 bits per heavy atom. The van der Waals surface area contributed by atoms with E-state index in [-0.39, 0.29) is 38.7 Å². The van der Waals surface area contributed by atoms with Crippen LogP contribution in [0.4, 0.5) is 4.79 Å². The van der Waals surface area contributed by atoms with E-state index >= 15 is 0 Å².